The third kappa shape index (κ3) is 5.27. The second-order valence-electron chi connectivity index (χ2n) is 5.55. The van der Waals surface area contributed by atoms with Crippen LogP contribution in [0.1, 0.15) is 25.5 Å². The van der Waals surface area contributed by atoms with Crippen molar-refractivity contribution in [2.75, 3.05) is 17.2 Å². The molecule has 0 bridgehead atoms. The first kappa shape index (κ1) is 18.4. The minimum absolute atomic E-state index is 0.0651. The Morgan fingerprint density at radius 1 is 1.04 bits per heavy atom. The summed E-state index contributed by atoms with van der Waals surface area (Å²) < 4.78 is 26.8. The summed E-state index contributed by atoms with van der Waals surface area (Å²) in [6, 6.07) is 11.0. The molecule has 0 aliphatic carbocycles. The van der Waals surface area contributed by atoms with Crippen LogP contribution in [0.5, 0.6) is 0 Å². The van der Waals surface area contributed by atoms with E-state index in [0.29, 0.717) is 0 Å². The van der Waals surface area contributed by atoms with Gasteiger partial charge in [-0.1, -0.05) is 30.3 Å². The number of hydrogen-bond donors (Lipinski definition) is 3. The summed E-state index contributed by atoms with van der Waals surface area (Å²) in [5, 5.41) is 7.90. The molecule has 0 saturated heterocycles. The number of rotatable bonds is 6. The molecule has 0 saturated carbocycles. The molecule has 0 spiro atoms. The lowest BCUT2D eigenvalue weighted by atomic mass is 10.1. The van der Waals surface area contributed by atoms with Gasteiger partial charge in [0.2, 0.25) is 11.8 Å². The average Bonchev–Trinajstić information content (AvgIpc) is 2.57. The number of carbonyl (C=O) groups excluding carboxylic acids is 2. The first-order chi connectivity index (χ1) is 11.9. The first-order valence-electron chi connectivity index (χ1n) is 7.71. The molecular weight excluding hydrogens is 328 g/mol. The van der Waals surface area contributed by atoms with Crippen molar-refractivity contribution in [3.8, 4) is 0 Å². The van der Waals surface area contributed by atoms with Crippen molar-refractivity contribution in [3.63, 3.8) is 0 Å². The van der Waals surface area contributed by atoms with E-state index in [9.17, 15) is 18.4 Å². The predicted molar refractivity (Wildman–Crippen MR) is 92.2 cm³/mol. The molecule has 0 aromatic heterocycles. The Kier molecular flexibility index (Phi) is 6.05. The van der Waals surface area contributed by atoms with Crippen LogP contribution in [0.25, 0.3) is 0 Å². The molecule has 2 amide bonds. The Morgan fingerprint density at radius 2 is 1.64 bits per heavy atom. The van der Waals surface area contributed by atoms with Gasteiger partial charge in [0.1, 0.15) is 0 Å². The number of amides is 2. The van der Waals surface area contributed by atoms with Gasteiger partial charge in [-0.15, -0.1) is 0 Å². The molecule has 5 nitrogen and oxygen atoms in total. The van der Waals surface area contributed by atoms with E-state index in [1.165, 1.54) is 6.92 Å². The number of hydrogen-bond acceptors (Lipinski definition) is 3. The normalized spacial score (nSPS) is 11.5. The van der Waals surface area contributed by atoms with Crippen LogP contribution in [-0.4, -0.2) is 18.4 Å². The lowest BCUT2D eigenvalue weighted by Crippen LogP contribution is -2.32. The number of nitrogens with one attached hydrogen (secondary N) is 3. The molecule has 0 aliphatic rings. The predicted octanol–water partition coefficient (Wildman–Crippen LogP) is 3.21. The summed E-state index contributed by atoms with van der Waals surface area (Å²) in [6.07, 6.45) is 0. The second kappa shape index (κ2) is 8.23. The van der Waals surface area contributed by atoms with Crippen LogP contribution < -0.4 is 16.0 Å². The minimum Gasteiger partial charge on any atom is -0.374 e. The van der Waals surface area contributed by atoms with Gasteiger partial charge in [-0.25, -0.2) is 8.78 Å². The fourth-order valence-corrected chi connectivity index (χ4v) is 2.28. The zero-order valence-corrected chi connectivity index (χ0v) is 13.9. The molecule has 0 heterocycles. The molecule has 2 aromatic rings. The molecule has 25 heavy (non-hydrogen) atoms. The molecule has 1 atom stereocenters. The molecule has 2 aromatic carbocycles. The molecule has 0 fully saturated rings. The summed E-state index contributed by atoms with van der Waals surface area (Å²) in [7, 11) is 0. The number of halogens is 2. The standard InChI is InChI=1S/C18H19F2N3O2/c1-11(13-6-4-3-5-7-13)22-18(25)10-21-16-8-14(19)15(20)9-17(16)23-12(2)24/h3-9,11,21H,10H2,1-2H3,(H,22,25)(H,23,24)/t11-/m1/s1. The van der Waals surface area contributed by atoms with E-state index in [1.807, 2.05) is 37.3 Å². The largest absolute Gasteiger partial charge is 0.374 e. The van der Waals surface area contributed by atoms with Crippen LogP contribution in [0.3, 0.4) is 0 Å². The lowest BCUT2D eigenvalue weighted by molar-refractivity contribution is -0.120. The Labute approximate surface area is 144 Å². The van der Waals surface area contributed by atoms with Crippen LogP contribution in [0.15, 0.2) is 42.5 Å². The summed E-state index contributed by atoms with van der Waals surface area (Å²) in [5.41, 5.74) is 1.13. The lowest BCUT2D eigenvalue weighted by Gasteiger charge is -2.16. The maximum absolute atomic E-state index is 13.4. The number of benzene rings is 2. The van der Waals surface area contributed by atoms with Crippen molar-refractivity contribution >= 4 is 23.2 Å². The van der Waals surface area contributed by atoms with Gasteiger partial charge in [0.05, 0.1) is 24.0 Å². The summed E-state index contributed by atoms with van der Waals surface area (Å²) >= 11 is 0. The van der Waals surface area contributed by atoms with Crippen LogP contribution in [0, 0.1) is 11.6 Å². The zero-order chi connectivity index (χ0) is 18.4. The third-order valence-corrected chi connectivity index (χ3v) is 3.49. The number of anilines is 2. The van der Waals surface area contributed by atoms with E-state index in [0.717, 1.165) is 17.7 Å². The molecule has 2 rings (SSSR count). The van der Waals surface area contributed by atoms with E-state index < -0.39 is 17.5 Å². The Morgan fingerprint density at radius 3 is 2.24 bits per heavy atom. The van der Waals surface area contributed by atoms with E-state index in [1.54, 1.807) is 0 Å². The molecular formula is C18H19F2N3O2. The highest BCUT2D eigenvalue weighted by Crippen LogP contribution is 2.25. The Balaban J connectivity index is 2.01. The molecule has 7 heteroatoms. The Bertz CT molecular complexity index is 766. The Hall–Kier alpha value is -2.96. The van der Waals surface area contributed by atoms with Crippen molar-refractivity contribution in [1.29, 1.82) is 0 Å². The van der Waals surface area contributed by atoms with Crippen molar-refractivity contribution in [1.82, 2.24) is 5.32 Å². The van der Waals surface area contributed by atoms with Crippen molar-refractivity contribution in [2.45, 2.75) is 19.9 Å². The fraction of sp³-hybridized carbons (Fsp3) is 0.222. The van der Waals surface area contributed by atoms with Gasteiger partial charge in [-0.2, -0.15) is 0 Å². The van der Waals surface area contributed by atoms with Gasteiger partial charge in [-0.05, 0) is 12.5 Å². The summed E-state index contributed by atoms with van der Waals surface area (Å²) in [6.45, 7) is 2.93. The number of carbonyl (C=O) groups is 2. The van der Waals surface area contributed by atoms with E-state index in [2.05, 4.69) is 16.0 Å². The highest BCUT2D eigenvalue weighted by atomic mass is 19.2. The maximum Gasteiger partial charge on any atom is 0.239 e. The van der Waals surface area contributed by atoms with Gasteiger partial charge in [-0.3, -0.25) is 9.59 Å². The maximum atomic E-state index is 13.4. The fourth-order valence-electron chi connectivity index (χ4n) is 2.28. The molecule has 0 unspecified atom stereocenters. The van der Waals surface area contributed by atoms with Crippen LogP contribution >= 0.6 is 0 Å². The first-order valence-corrected chi connectivity index (χ1v) is 7.71. The molecule has 0 aliphatic heterocycles. The van der Waals surface area contributed by atoms with Crippen molar-refractivity contribution in [3.05, 3.63) is 59.7 Å². The van der Waals surface area contributed by atoms with Crippen LogP contribution in [0.4, 0.5) is 20.2 Å². The van der Waals surface area contributed by atoms with Gasteiger partial charge >= 0.3 is 0 Å². The summed E-state index contributed by atoms with van der Waals surface area (Å²) in [5.74, 6) is -2.92. The van der Waals surface area contributed by atoms with E-state index in [4.69, 9.17) is 0 Å². The van der Waals surface area contributed by atoms with E-state index >= 15 is 0 Å². The second-order valence-corrected chi connectivity index (χ2v) is 5.55. The smallest absolute Gasteiger partial charge is 0.239 e. The van der Waals surface area contributed by atoms with Crippen molar-refractivity contribution < 1.29 is 18.4 Å². The minimum atomic E-state index is -1.09. The van der Waals surface area contributed by atoms with Gasteiger partial charge in [0, 0.05) is 19.1 Å². The molecule has 0 radical (unpaired) electrons. The van der Waals surface area contributed by atoms with Gasteiger partial charge in [0.25, 0.3) is 0 Å². The van der Waals surface area contributed by atoms with Crippen LogP contribution in [0.2, 0.25) is 0 Å². The van der Waals surface area contributed by atoms with Crippen LogP contribution in [-0.2, 0) is 9.59 Å². The van der Waals surface area contributed by atoms with E-state index in [-0.39, 0.29) is 29.9 Å². The van der Waals surface area contributed by atoms with Gasteiger partial charge in [0.15, 0.2) is 11.6 Å². The van der Waals surface area contributed by atoms with Crippen molar-refractivity contribution in [2.24, 2.45) is 0 Å². The summed E-state index contributed by atoms with van der Waals surface area (Å²) in [4.78, 5) is 23.2. The third-order valence-electron chi connectivity index (χ3n) is 3.49. The molecule has 132 valence electrons. The highest BCUT2D eigenvalue weighted by molar-refractivity contribution is 5.93. The highest BCUT2D eigenvalue weighted by Gasteiger charge is 2.13. The molecule has 3 N–H and O–H groups in total. The monoisotopic (exact) mass is 347 g/mol. The quantitative estimate of drug-likeness (QED) is 0.751. The zero-order valence-electron chi connectivity index (χ0n) is 13.9. The van der Waals surface area contributed by atoms with Gasteiger partial charge < -0.3 is 16.0 Å². The topological polar surface area (TPSA) is 70.2 Å². The SMILES string of the molecule is CC(=O)Nc1cc(F)c(F)cc1NCC(=O)N[C@H](C)c1ccccc1. The average molecular weight is 347 g/mol.